The summed E-state index contributed by atoms with van der Waals surface area (Å²) in [5, 5.41) is 10.1. The number of hydrogen-bond donors (Lipinski definition) is 3. The van der Waals surface area contributed by atoms with Gasteiger partial charge in [0.05, 0.1) is 17.1 Å². The number of amides is 2. The number of ether oxygens (including phenoxy) is 1. The van der Waals surface area contributed by atoms with Crippen molar-refractivity contribution in [2.45, 2.75) is 68.9 Å². The first-order chi connectivity index (χ1) is 22.4. The fourth-order valence-electron chi connectivity index (χ4n) is 4.70. The highest BCUT2D eigenvalue weighted by atomic mass is 79.9. The Balaban J connectivity index is 1.44. The first-order valence-corrected chi connectivity index (χ1v) is 16.8. The van der Waals surface area contributed by atoms with Crippen LogP contribution in [0, 0.1) is 0 Å². The molecule has 0 bridgehead atoms. The van der Waals surface area contributed by atoms with Crippen LogP contribution >= 0.6 is 27.7 Å². The predicted molar refractivity (Wildman–Crippen MR) is 192 cm³/mol. The van der Waals surface area contributed by atoms with Crippen LogP contribution in [-0.4, -0.2) is 32.6 Å². The molecule has 0 radical (unpaired) electrons. The SMILES string of the molecule is CC(C)c1ccc2c(Nc3cc(C(=O)NC(C)c4ccccc4Br)ccc3Sc3ccc(NC(=O)OC(C)(C)C)cc3)ncnc2n1. The van der Waals surface area contributed by atoms with Crippen molar-refractivity contribution in [2.75, 3.05) is 10.6 Å². The summed E-state index contributed by atoms with van der Waals surface area (Å²) in [6, 6.07) is 24.6. The zero-order valence-electron chi connectivity index (χ0n) is 27.1. The van der Waals surface area contributed by atoms with Crippen molar-refractivity contribution in [1.29, 1.82) is 0 Å². The van der Waals surface area contributed by atoms with Gasteiger partial charge in [0, 0.05) is 31.2 Å². The highest BCUT2D eigenvalue weighted by Crippen LogP contribution is 2.37. The summed E-state index contributed by atoms with van der Waals surface area (Å²) in [6.07, 6.45) is 0.972. The average Bonchev–Trinajstić information content (AvgIpc) is 3.01. The monoisotopic (exact) mass is 712 g/mol. The van der Waals surface area contributed by atoms with E-state index in [2.05, 4.69) is 55.7 Å². The van der Waals surface area contributed by atoms with E-state index >= 15 is 0 Å². The summed E-state index contributed by atoms with van der Waals surface area (Å²) in [6.45, 7) is 11.6. The summed E-state index contributed by atoms with van der Waals surface area (Å²) in [5.74, 6) is 0.630. The third-order valence-electron chi connectivity index (χ3n) is 7.05. The van der Waals surface area contributed by atoms with Crippen LogP contribution in [0.4, 0.5) is 22.0 Å². The summed E-state index contributed by atoms with van der Waals surface area (Å²) in [4.78, 5) is 41.2. The highest BCUT2D eigenvalue weighted by molar-refractivity contribution is 9.10. The number of pyridine rings is 1. The van der Waals surface area contributed by atoms with Crippen LogP contribution in [0.3, 0.4) is 0 Å². The molecule has 3 aromatic carbocycles. The Labute approximate surface area is 287 Å². The smallest absolute Gasteiger partial charge is 0.412 e. The molecule has 0 aliphatic heterocycles. The summed E-state index contributed by atoms with van der Waals surface area (Å²) >= 11 is 5.10. The first kappa shape index (κ1) is 33.9. The Morgan fingerprint density at radius 2 is 1.66 bits per heavy atom. The van der Waals surface area contributed by atoms with E-state index in [1.807, 2.05) is 107 Å². The van der Waals surface area contributed by atoms with E-state index in [1.54, 1.807) is 0 Å². The zero-order valence-corrected chi connectivity index (χ0v) is 29.5. The highest BCUT2D eigenvalue weighted by Gasteiger charge is 2.18. The molecule has 0 aliphatic carbocycles. The number of rotatable bonds is 9. The molecule has 0 aliphatic rings. The number of fused-ring (bicyclic) bond motifs is 1. The predicted octanol–water partition coefficient (Wildman–Crippen LogP) is 9.64. The van der Waals surface area contributed by atoms with Crippen molar-refractivity contribution in [2.24, 2.45) is 0 Å². The fourth-order valence-corrected chi connectivity index (χ4v) is 6.21. The molecule has 3 N–H and O–H groups in total. The second-order valence-corrected chi connectivity index (χ2v) is 14.3. The van der Waals surface area contributed by atoms with E-state index in [4.69, 9.17) is 9.72 Å². The molecule has 11 heteroatoms. The van der Waals surface area contributed by atoms with E-state index in [0.717, 1.165) is 30.9 Å². The van der Waals surface area contributed by atoms with Gasteiger partial charge in [0.25, 0.3) is 5.91 Å². The molecule has 5 rings (SSSR count). The number of anilines is 3. The van der Waals surface area contributed by atoms with Gasteiger partial charge in [-0.15, -0.1) is 0 Å². The molecule has 47 heavy (non-hydrogen) atoms. The number of nitrogens with zero attached hydrogens (tertiary/aromatic N) is 3. The standard InChI is InChI=1S/C36H37BrN6O3S/c1-21(2)29-17-16-27-32(42-29)38-20-39-33(27)43-30-19-23(34(44)40-22(3)26-9-7-8-10-28(26)37)11-18-31(30)47-25-14-12-24(13-15-25)41-35(45)46-36(4,5)6/h7-22H,1-6H3,(H,40,44)(H,41,45)(H,38,39,42,43). The van der Waals surface area contributed by atoms with Crippen molar-refractivity contribution in [3.63, 3.8) is 0 Å². The molecule has 1 atom stereocenters. The molecule has 2 heterocycles. The number of carbonyl (C=O) groups is 2. The minimum absolute atomic E-state index is 0.207. The molecule has 0 spiro atoms. The van der Waals surface area contributed by atoms with E-state index < -0.39 is 11.7 Å². The van der Waals surface area contributed by atoms with Gasteiger partial charge in [-0.1, -0.05) is 59.7 Å². The van der Waals surface area contributed by atoms with Gasteiger partial charge in [0.2, 0.25) is 0 Å². The molecule has 0 fully saturated rings. The number of hydrogen-bond acceptors (Lipinski definition) is 8. The molecule has 1 unspecified atom stereocenters. The minimum Gasteiger partial charge on any atom is -0.444 e. The number of halogens is 1. The molecule has 0 saturated heterocycles. The maximum atomic E-state index is 13.5. The Morgan fingerprint density at radius 1 is 0.915 bits per heavy atom. The van der Waals surface area contributed by atoms with Gasteiger partial charge < -0.3 is 15.4 Å². The lowest BCUT2D eigenvalue weighted by molar-refractivity contribution is 0.0635. The number of nitrogens with one attached hydrogen (secondary N) is 3. The Morgan fingerprint density at radius 3 is 2.36 bits per heavy atom. The van der Waals surface area contributed by atoms with Crippen LogP contribution in [0.1, 0.15) is 75.1 Å². The van der Waals surface area contributed by atoms with E-state index in [1.165, 1.54) is 18.1 Å². The molecule has 242 valence electrons. The lowest BCUT2D eigenvalue weighted by Gasteiger charge is -2.19. The van der Waals surface area contributed by atoms with Gasteiger partial charge in [0.15, 0.2) is 5.65 Å². The largest absolute Gasteiger partial charge is 0.444 e. The van der Waals surface area contributed by atoms with Gasteiger partial charge in [-0.3, -0.25) is 10.1 Å². The van der Waals surface area contributed by atoms with Crippen LogP contribution in [0.15, 0.2) is 99.5 Å². The van der Waals surface area contributed by atoms with Gasteiger partial charge in [-0.2, -0.15) is 0 Å². The van der Waals surface area contributed by atoms with Crippen LogP contribution in [0.2, 0.25) is 0 Å². The topological polar surface area (TPSA) is 118 Å². The molecule has 0 saturated carbocycles. The molecule has 2 aromatic heterocycles. The lowest BCUT2D eigenvalue weighted by atomic mass is 10.1. The number of benzene rings is 3. The summed E-state index contributed by atoms with van der Waals surface area (Å²) in [7, 11) is 0. The van der Waals surface area contributed by atoms with Gasteiger partial charge >= 0.3 is 6.09 Å². The molecule has 5 aromatic rings. The third kappa shape index (κ3) is 8.87. The first-order valence-electron chi connectivity index (χ1n) is 15.2. The third-order valence-corrected chi connectivity index (χ3v) is 8.86. The number of aromatic nitrogens is 3. The van der Waals surface area contributed by atoms with Crippen LogP contribution < -0.4 is 16.0 Å². The van der Waals surface area contributed by atoms with Crippen molar-refractivity contribution >= 4 is 67.9 Å². The Hall–Kier alpha value is -4.48. The van der Waals surface area contributed by atoms with Crippen molar-refractivity contribution in [3.05, 3.63) is 106 Å². The van der Waals surface area contributed by atoms with E-state index in [-0.39, 0.29) is 17.9 Å². The van der Waals surface area contributed by atoms with Crippen molar-refractivity contribution < 1.29 is 14.3 Å². The summed E-state index contributed by atoms with van der Waals surface area (Å²) in [5.41, 5.74) is 3.73. The van der Waals surface area contributed by atoms with Crippen molar-refractivity contribution in [1.82, 2.24) is 20.3 Å². The maximum Gasteiger partial charge on any atom is 0.412 e. The van der Waals surface area contributed by atoms with Crippen LogP contribution in [0.5, 0.6) is 0 Å². The lowest BCUT2D eigenvalue weighted by Crippen LogP contribution is -2.27. The maximum absolute atomic E-state index is 13.5. The van der Waals surface area contributed by atoms with Crippen LogP contribution in [-0.2, 0) is 4.74 Å². The quantitative estimate of drug-likeness (QED) is 0.138. The minimum atomic E-state index is -0.593. The molecular weight excluding hydrogens is 676 g/mol. The van der Waals surface area contributed by atoms with E-state index in [0.29, 0.717) is 28.4 Å². The average molecular weight is 714 g/mol. The van der Waals surface area contributed by atoms with Crippen LogP contribution in [0.25, 0.3) is 11.0 Å². The fraction of sp³-hybridized carbons (Fsp3) is 0.250. The second-order valence-electron chi connectivity index (χ2n) is 12.3. The Bertz CT molecular complexity index is 1910. The normalized spacial score (nSPS) is 12.1. The second kappa shape index (κ2) is 14.5. The zero-order chi connectivity index (χ0) is 33.7. The molecule has 9 nitrogen and oxygen atoms in total. The Kier molecular flexibility index (Phi) is 10.5. The summed E-state index contributed by atoms with van der Waals surface area (Å²) < 4.78 is 6.29. The van der Waals surface area contributed by atoms with Gasteiger partial charge in [0.1, 0.15) is 17.7 Å². The van der Waals surface area contributed by atoms with Gasteiger partial charge in [-0.25, -0.2) is 19.7 Å². The van der Waals surface area contributed by atoms with Gasteiger partial charge in [-0.05, 0) is 99.8 Å². The molecule has 2 amide bonds. The van der Waals surface area contributed by atoms with Crippen molar-refractivity contribution in [3.8, 4) is 0 Å². The molecular formula is C36H37BrN6O3S. The number of carbonyl (C=O) groups excluding carboxylic acids is 2. The van der Waals surface area contributed by atoms with E-state index in [9.17, 15) is 9.59 Å².